The van der Waals surface area contributed by atoms with Crippen molar-refractivity contribution in [2.24, 2.45) is 5.73 Å². The summed E-state index contributed by atoms with van der Waals surface area (Å²) in [5.74, 6) is -0.478. The van der Waals surface area contributed by atoms with E-state index in [4.69, 9.17) is 17.3 Å². The van der Waals surface area contributed by atoms with E-state index < -0.39 is 16.9 Å². The van der Waals surface area contributed by atoms with Crippen molar-refractivity contribution in [3.05, 3.63) is 38.9 Å². The molecule has 0 aromatic heterocycles. The van der Waals surface area contributed by atoms with Crippen molar-refractivity contribution < 1.29 is 9.72 Å². The number of hydrogen-bond donors (Lipinski definition) is 2. The number of hydrogen-bond acceptors (Lipinski definition) is 4. The number of primary amides is 1. The SMILES string of the molecule is CC(NCc1ccc(Cl)c([N+](=O)[O-])c1)C(N)=O. The quantitative estimate of drug-likeness (QED) is 0.612. The Hall–Kier alpha value is -1.66. The van der Waals surface area contributed by atoms with E-state index in [1.165, 1.54) is 12.1 Å². The molecular weight excluding hydrogens is 246 g/mol. The standard InChI is InChI=1S/C10H12ClN3O3/c1-6(10(12)15)13-5-7-2-3-8(11)9(4-7)14(16)17/h2-4,6,13H,5H2,1H3,(H2,12,15). The van der Waals surface area contributed by atoms with Crippen LogP contribution in [0.4, 0.5) is 5.69 Å². The maximum absolute atomic E-state index is 10.8. The van der Waals surface area contributed by atoms with E-state index in [0.29, 0.717) is 12.1 Å². The number of carbonyl (C=O) groups excluding carboxylic acids is 1. The Balaban J connectivity index is 2.76. The third-order valence-electron chi connectivity index (χ3n) is 2.25. The summed E-state index contributed by atoms with van der Waals surface area (Å²) in [6.45, 7) is 1.93. The molecular formula is C10H12ClN3O3. The lowest BCUT2D eigenvalue weighted by Crippen LogP contribution is -2.38. The second-order valence-corrected chi connectivity index (χ2v) is 3.96. The van der Waals surface area contributed by atoms with Gasteiger partial charge in [-0.15, -0.1) is 0 Å². The monoisotopic (exact) mass is 257 g/mol. The Morgan fingerprint density at radius 2 is 2.29 bits per heavy atom. The van der Waals surface area contributed by atoms with Crippen molar-refractivity contribution in [3.63, 3.8) is 0 Å². The molecule has 6 nitrogen and oxygen atoms in total. The van der Waals surface area contributed by atoms with Crippen LogP contribution in [0.25, 0.3) is 0 Å². The van der Waals surface area contributed by atoms with E-state index in [9.17, 15) is 14.9 Å². The molecule has 0 aliphatic carbocycles. The lowest BCUT2D eigenvalue weighted by atomic mass is 10.2. The minimum absolute atomic E-state index is 0.0849. The number of nitro groups is 1. The van der Waals surface area contributed by atoms with Crippen LogP contribution in [0.3, 0.4) is 0 Å². The number of benzene rings is 1. The predicted molar refractivity (Wildman–Crippen MR) is 63.6 cm³/mol. The number of carbonyl (C=O) groups is 1. The van der Waals surface area contributed by atoms with Gasteiger partial charge >= 0.3 is 0 Å². The Bertz CT molecular complexity index is 450. The molecule has 1 aromatic carbocycles. The van der Waals surface area contributed by atoms with Crippen LogP contribution >= 0.6 is 11.6 Å². The zero-order valence-electron chi connectivity index (χ0n) is 9.14. The number of nitrogens with one attached hydrogen (secondary N) is 1. The molecule has 1 rings (SSSR count). The van der Waals surface area contributed by atoms with Gasteiger partial charge in [-0.25, -0.2) is 0 Å². The molecule has 1 atom stereocenters. The van der Waals surface area contributed by atoms with Crippen molar-refractivity contribution in [1.82, 2.24) is 5.32 Å². The molecule has 0 aliphatic rings. The predicted octanol–water partition coefficient (Wildman–Crippen LogP) is 1.21. The molecule has 0 aliphatic heterocycles. The third kappa shape index (κ3) is 3.69. The third-order valence-corrected chi connectivity index (χ3v) is 2.57. The normalized spacial score (nSPS) is 12.1. The smallest absolute Gasteiger partial charge is 0.288 e. The fourth-order valence-corrected chi connectivity index (χ4v) is 1.37. The molecule has 0 saturated heterocycles. The van der Waals surface area contributed by atoms with E-state index >= 15 is 0 Å². The first-order chi connectivity index (χ1) is 7.91. The van der Waals surface area contributed by atoms with E-state index in [-0.39, 0.29) is 10.7 Å². The lowest BCUT2D eigenvalue weighted by Gasteiger charge is -2.09. The van der Waals surface area contributed by atoms with Gasteiger partial charge in [0.05, 0.1) is 11.0 Å². The summed E-state index contributed by atoms with van der Waals surface area (Å²) in [5.41, 5.74) is 5.58. The molecule has 1 unspecified atom stereocenters. The van der Waals surface area contributed by atoms with Crippen LogP contribution in [0, 0.1) is 10.1 Å². The van der Waals surface area contributed by atoms with Crippen LogP contribution in [0.1, 0.15) is 12.5 Å². The van der Waals surface area contributed by atoms with Crippen LogP contribution in [0.15, 0.2) is 18.2 Å². The zero-order valence-corrected chi connectivity index (χ0v) is 9.90. The van der Waals surface area contributed by atoms with Crippen molar-refractivity contribution in [2.45, 2.75) is 19.5 Å². The second kappa shape index (κ2) is 5.60. The summed E-state index contributed by atoms with van der Waals surface area (Å²) in [6.07, 6.45) is 0. The lowest BCUT2D eigenvalue weighted by molar-refractivity contribution is -0.384. The van der Waals surface area contributed by atoms with E-state index in [2.05, 4.69) is 5.32 Å². The van der Waals surface area contributed by atoms with Crippen molar-refractivity contribution in [1.29, 1.82) is 0 Å². The summed E-state index contributed by atoms with van der Waals surface area (Å²) >= 11 is 5.67. The highest BCUT2D eigenvalue weighted by Crippen LogP contribution is 2.24. The fourth-order valence-electron chi connectivity index (χ4n) is 1.18. The number of nitro benzene ring substituents is 1. The maximum Gasteiger partial charge on any atom is 0.288 e. The van der Waals surface area contributed by atoms with Gasteiger partial charge in [-0.1, -0.05) is 17.7 Å². The molecule has 0 bridgehead atoms. The Kier molecular flexibility index (Phi) is 4.42. The van der Waals surface area contributed by atoms with Crippen LogP contribution in [0.2, 0.25) is 5.02 Å². The Morgan fingerprint density at radius 1 is 1.65 bits per heavy atom. The van der Waals surface area contributed by atoms with Gasteiger partial charge in [0.2, 0.25) is 5.91 Å². The molecule has 0 saturated carbocycles. The van der Waals surface area contributed by atoms with E-state index in [1.54, 1.807) is 13.0 Å². The topological polar surface area (TPSA) is 98.3 Å². The second-order valence-electron chi connectivity index (χ2n) is 3.55. The molecule has 0 heterocycles. The van der Waals surface area contributed by atoms with Crippen LogP contribution in [0.5, 0.6) is 0 Å². The molecule has 1 aromatic rings. The van der Waals surface area contributed by atoms with Crippen LogP contribution < -0.4 is 11.1 Å². The van der Waals surface area contributed by atoms with Gasteiger partial charge in [-0.2, -0.15) is 0 Å². The maximum atomic E-state index is 10.8. The number of nitrogens with zero attached hydrogens (tertiary/aromatic N) is 1. The minimum Gasteiger partial charge on any atom is -0.368 e. The summed E-state index contributed by atoms with van der Waals surface area (Å²) in [6, 6.07) is 3.97. The van der Waals surface area contributed by atoms with Crippen LogP contribution in [-0.2, 0) is 11.3 Å². The molecule has 7 heteroatoms. The first-order valence-electron chi connectivity index (χ1n) is 4.87. The largest absolute Gasteiger partial charge is 0.368 e. The summed E-state index contributed by atoms with van der Waals surface area (Å²) < 4.78 is 0. The van der Waals surface area contributed by atoms with Gasteiger partial charge in [-0.3, -0.25) is 14.9 Å². The number of nitrogens with two attached hydrogens (primary N) is 1. The summed E-state index contributed by atoms with van der Waals surface area (Å²) in [7, 11) is 0. The van der Waals surface area contributed by atoms with Gasteiger partial charge in [0.1, 0.15) is 5.02 Å². The van der Waals surface area contributed by atoms with Gasteiger partial charge in [0.25, 0.3) is 5.69 Å². The molecule has 92 valence electrons. The molecule has 0 radical (unpaired) electrons. The highest BCUT2D eigenvalue weighted by molar-refractivity contribution is 6.32. The number of amides is 1. The average molecular weight is 258 g/mol. The van der Waals surface area contributed by atoms with Crippen molar-refractivity contribution in [3.8, 4) is 0 Å². The first-order valence-corrected chi connectivity index (χ1v) is 5.25. The molecule has 0 spiro atoms. The van der Waals surface area contributed by atoms with Crippen molar-refractivity contribution >= 4 is 23.2 Å². The average Bonchev–Trinajstić information content (AvgIpc) is 2.26. The summed E-state index contributed by atoms with van der Waals surface area (Å²) in [4.78, 5) is 20.9. The minimum atomic E-state index is -0.552. The molecule has 0 fully saturated rings. The highest BCUT2D eigenvalue weighted by Gasteiger charge is 2.13. The molecule has 3 N–H and O–H groups in total. The molecule has 1 amide bonds. The fraction of sp³-hybridized carbons (Fsp3) is 0.300. The van der Waals surface area contributed by atoms with Crippen molar-refractivity contribution in [2.75, 3.05) is 0 Å². The zero-order chi connectivity index (χ0) is 13.0. The van der Waals surface area contributed by atoms with Gasteiger partial charge in [0, 0.05) is 12.6 Å². The Labute approximate surface area is 103 Å². The van der Waals surface area contributed by atoms with Gasteiger partial charge < -0.3 is 11.1 Å². The van der Waals surface area contributed by atoms with Gasteiger partial charge in [-0.05, 0) is 18.6 Å². The van der Waals surface area contributed by atoms with Gasteiger partial charge in [0.15, 0.2) is 0 Å². The summed E-state index contributed by atoms with van der Waals surface area (Å²) in [5, 5.41) is 13.6. The van der Waals surface area contributed by atoms with E-state index in [1.807, 2.05) is 0 Å². The van der Waals surface area contributed by atoms with Crippen LogP contribution in [-0.4, -0.2) is 16.9 Å². The highest BCUT2D eigenvalue weighted by atomic mass is 35.5. The number of halogens is 1. The first kappa shape index (κ1) is 13.4. The number of rotatable bonds is 5. The van der Waals surface area contributed by atoms with E-state index in [0.717, 1.165) is 0 Å². The Morgan fingerprint density at radius 3 is 2.82 bits per heavy atom. The molecule has 17 heavy (non-hydrogen) atoms.